The molecular weight excluding hydrogens is 360 g/mol. The quantitative estimate of drug-likeness (QED) is 0.736. The Morgan fingerprint density at radius 3 is 2.44 bits per heavy atom. The molecule has 6 nitrogen and oxygen atoms in total. The Morgan fingerprint density at radius 2 is 1.84 bits per heavy atom. The van der Waals surface area contributed by atoms with E-state index in [1.807, 2.05) is 49.5 Å². The minimum absolute atomic E-state index is 0.0370. The van der Waals surface area contributed by atoms with E-state index >= 15 is 0 Å². The number of esters is 1. The number of benzene rings is 1. The number of hydrogen-bond acceptors (Lipinski definition) is 6. The molecule has 2 N–H and O–H groups in total. The van der Waals surface area contributed by atoms with E-state index in [-0.39, 0.29) is 6.04 Å². The highest BCUT2D eigenvalue weighted by molar-refractivity contribution is 8.19. The molecule has 0 aromatic heterocycles. The molecule has 1 atom stereocenters. The monoisotopic (exact) mass is 382 g/mol. The lowest BCUT2D eigenvalue weighted by Gasteiger charge is -2.12. The maximum atomic E-state index is 12.0. The number of nitrogens with one attached hydrogen (secondary N) is 2. The Kier molecular flexibility index (Phi) is 7.64. The first-order valence-corrected chi connectivity index (χ1v) is 10.2. The van der Waals surface area contributed by atoms with Gasteiger partial charge >= 0.3 is 12.0 Å². The minimum Gasteiger partial charge on any atom is -0.452 e. The summed E-state index contributed by atoms with van der Waals surface area (Å²) in [5.74, 6) is 1.03. The van der Waals surface area contributed by atoms with Crippen molar-refractivity contribution in [3.63, 3.8) is 0 Å². The number of rotatable bonds is 6. The van der Waals surface area contributed by atoms with Gasteiger partial charge in [-0.2, -0.15) is 0 Å². The van der Waals surface area contributed by atoms with Gasteiger partial charge in [0.1, 0.15) is 0 Å². The molecule has 0 saturated carbocycles. The number of thioether (sulfide) groups is 2. The first kappa shape index (κ1) is 19.7. The van der Waals surface area contributed by atoms with Crippen LogP contribution in [0.2, 0.25) is 0 Å². The molecule has 1 heterocycles. The minimum atomic E-state index is -0.662. The smallest absolute Gasteiger partial charge is 0.338 e. The molecule has 2 rings (SSSR count). The first-order valence-electron chi connectivity index (χ1n) is 8.10. The average Bonchev–Trinajstić information content (AvgIpc) is 3.14. The first-order chi connectivity index (χ1) is 12.0. The molecule has 1 aromatic carbocycles. The summed E-state index contributed by atoms with van der Waals surface area (Å²) in [6.45, 7) is 3.25. The fourth-order valence-electron chi connectivity index (χ4n) is 2.07. The van der Waals surface area contributed by atoms with Gasteiger partial charge in [0, 0.05) is 17.5 Å². The number of carbonyl (C=O) groups is 3. The summed E-state index contributed by atoms with van der Waals surface area (Å²) >= 11 is 3.78. The summed E-state index contributed by atoms with van der Waals surface area (Å²) in [5.41, 5.74) is 1.55. The Hall–Kier alpha value is -1.67. The SMILES string of the molecule is CC[C@@H](C)NC(=O)NC(=O)COC(=O)c1ccc(C2SCCS2)cc1. The van der Waals surface area contributed by atoms with Gasteiger partial charge in [-0.3, -0.25) is 10.1 Å². The standard InChI is InChI=1S/C17H22N2O4S2/c1-3-11(2)18-17(22)19-14(20)10-23-15(21)12-4-6-13(7-5-12)16-24-8-9-25-16/h4-7,11,16H,3,8-10H2,1-2H3,(H2,18,19,20,22)/t11-/m1/s1. The summed E-state index contributed by atoms with van der Waals surface area (Å²) < 4.78 is 5.36. The van der Waals surface area contributed by atoms with E-state index in [1.54, 1.807) is 12.1 Å². The lowest BCUT2D eigenvalue weighted by molar-refractivity contribution is -0.123. The molecule has 1 fully saturated rings. The zero-order valence-corrected chi connectivity index (χ0v) is 15.9. The molecule has 8 heteroatoms. The number of urea groups is 1. The highest BCUT2D eigenvalue weighted by Crippen LogP contribution is 2.45. The van der Waals surface area contributed by atoms with Crippen molar-refractivity contribution in [1.29, 1.82) is 0 Å². The van der Waals surface area contributed by atoms with Crippen LogP contribution in [-0.2, 0) is 9.53 Å². The van der Waals surface area contributed by atoms with Crippen molar-refractivity contribution < 1.29 is 19.1 Å². The van der Waals surface area contributed by atoms with Crippen molar-refractivity contribution in [1.82, 2.24) is 10.6 Å². The van der Waals surface area contributed by atoms with Gasteiger partial charge in [-0.1, -0.05) is 19.1 Å². The molecule has 1 aliphatic heterocycles. The molecular formula is C17H22N2O4S2. The van der Waals surface area contributed by atoms with E-state index < -0.39 is 24.5 Å². The molecule has 0 radical (unpaired) electrons. The zero-order chi connectivity index (χ0) is 18.2. The van der Waals surface area contributed by atoms with Crippen LogP contribution in [0, 0.1) is 0 Å². The van der Waals surface area contributed by atoms with Crippen LogP contribution in [0.25, 0.3) is 0 Å². The Labute approximate surface area is 155 Å². The van der Waals surface area contributed by atoms with Gasteiger partial charge in [-0.05, 0) is 31.0 Å². The van der Waals surface area contributed by atoms with Crippen LogP contribution >= 0.6 is 23.5 Å². The molecule has 1 aliphatic rings. The average molecular weight is 383 g/mol. The molecule has 0 spiro atoms. The fourth-order valence-corrected chi connectivity index (χ4v) is 4.93. The predicted octanol–water partition coefficient (Wildman–Crippen LogP) is 2.95. The third kappa shape index (κ3) is 6.28. The molecule has 3 amide bonds. The van der Waals surface area contributed by atoms with Crippen LogP contribution in [0.4, 0.5) is 4.79 Å². The van der Waals surface area contributed by atoms with Gasteiger partial charge in [-0.25, -0.2) is 9.59 Å². The van der Waals surface area contributed by atoms with Crippen LogP contribution in [0.3, 0.4) is 0 Å². The zero-order valence-electron chi connectivity index (χ0n) is 14.2. The van der Waals surface area contributed by atoms with Crippen molar-refractivity contribution in [2.45, 2.75) is 30.9 Å². The van der Waals surface area contributed by atoms with Crippen LogP contribution in [-0.4, -0.2) is 42.1 Å². The van der Waals surface area contributed by atoms with E-state index in [0.29, 0.717) is 10.1 Å². The normalized spacial score (nSPS) is 15.4. The predicted molar refractivity (Wildman–Crippen MR) is 101 cm³/mol. The van der Waals surface area contributed by atoms with Gasteiger partial charge in [0.05, 0.1) is 10.1 Å². The summed E-state index contributed by atoms with van der Waals surface area (Å²) in [6.07, 6.45) is 0.754. The van der Waals surface area contributed by atoms with Crippen molar-refractivity contribution in [3.05, 3.63) is 35.4 Å². The molecule has 1 aromatic rings. The van der Waals surface area contributed by atoms with Gasteiger partial charge in [0.15, 0.2) is 6.61 Å². The number of carbonyl (C=O) groups excluding carboxylic acids is 3. The molecule has 0 unspecified atom stereocenters. The number of amides is 3. The van der Waals surface area contributed by atoms with E-state index in [9.17, 15) is 14.4 Å². The second-order valence-corrected chi connectivity index (χ2v) is 8.33. The third-order valence-electron chi connectivity index (χ3n) is 3.62. The topological polar surface area (TPSA) is 84.5 Å². The van der Waals surface area contributed by atoms with E-state index in [2.05, 4.69) is 10.6 Å². The molecule has 25 heavy (non-hydrogen) atoms. The Balaban J connectivity index is 1.77. The maximum absolute atomic E-state index is 12.0. The number of imide groups is 1. The Bertz CT molecular complexity index is 616. The summed E-state index contributed by atoms with van der Waals surface area (Å²) in [7, 11) is 0. The largest absolute Gasteiger partial charge is 0.452 e. The van der Waals surface area contributed by atoms with Crippen molar-refractivity contribution in [2.24, 2.45) is 0 Å². The van der Waals surface area contributed by atoms with Gasteiger partial charge < -0.3 is 10.1 Å². The van der Waals surface area contributed by atoms with Crippen LogP contribution in [0.1, 0.15) is 40.8 Å². The number of hydrogen-bond donors (Lipinski definition) is 2. The summed E-state index contributed by atoms with van der Waals surface area (Å²) in [5, 5.41) is 4.72. The molecule has 0 aliphatic carbocycles. The van der Waals surface area contributed by atoms with E-state index in [0.717, 1.165) is 17.9 Å². The van der Waals surface area contributed by atoms with Gasteiger partial charge in [0.2, 0.25) is 0 Å². The van der Waals surface area contributed by atoms with Gasteiger partial charge in [-0.15, -0.1) is 23.5 Å². The second-order valence-electron chi connectivity index (χ2n) is 5.60. The van der Waals surface area contributed by atoms with E-state index in [4.69, 9.17) is 4.74 Å². The Morgan fingerprint density at radius 1 is 1.20 bits per heavy atom. The van der Waals surface area contributed by atoms with E-state index in [1.165, 1.54) is 5.56 Å². The highest BCUT2D eigenvalue weighted by atomic mass is 32.2. The third-order valence-corrected chi connectivity index (χ3v) is 6.72. The highest BCUT2D eigenvalue weighted by Gasteiger charge is 2.19. The van der Waals surface area contributed by atoms with Crippen molar-refractivity contribution >= 4 is 41.4 Å². The molecule has 1 saturated heterocycles. The van der Waals surface area contributed by atoms with Crippen LogP contribution in [0.15, 0.2) is 24.3 Å². The lowest BCUT2D eigenvalue weighted by Crippen LogP contribution is -2.44. The molecule has 136 valence electrons. The lowest BCUT2D eigenvalue weighted by atomic mass is 10.1. The summed E-state index contributed by atoms with van der Waals surface area (Å²) in [4.78, 5) is 35.1. The van der Waals surface area contributed by atoms with Crippen LogP contribution < -0.4 is 10.6 Å². The maximum Gasteiger partial charge on any atom is 0.338 e. The number of ether oxygens (including phenoxy) is 1. The van der Waals surface area contributed by atoms with Gasteiger partial charge in [0.25, 0.3) is 5.91 Å². The molecule has 0 bridgehead atoms. The fraction of sp³-hybridized carbons (Fsp3) is 0.471. The summed E-state index contributed by atoms with van der Waals surface area (Å²) in [6, 6.07) is 6.59. The van der Waals surface area contributed by atoms with Crippen molar-refractivity contribution in [2.75, 3.05) is 18.1 Å². The second kappa shape index (κ2) is 9.72. The van der Waals surface area contributed by atoms with Crippen molar-refractivity contribution in [3.8, 4) is 0 Å². The van der Waals surface area contributed by atoms with Crippen LogP contribution in [0.5, 0.6) is 0 Å².